The Labute approximate surface area is 147 Å². The minimum atomic E-state index is -3.08. The van der Waals surface area contributed by atoms with Gasteiger partial charge < -0.3 is 11.1 Å². The number of carbonyl (C=O) groups is 1. The monoisotopic (exact) mass is 358 g/mol. The van der Waals surface area contributed by atoms with Crippen molar-refractivity contribution in [1.82, 2.24) is 5.32 Å². The molecule has 6 heteroatoms. The van der Waals surface area contributed by atoms with E-state index in [0.717, 1.165) is 5.92 Å². The molecular formula is C18H34N2O3S. The van der Waals surface area contributed by atoms with Gasteiger partial charge in [-0.15, -0.1) is 0 Å². The second kappa shape index (κ2) is 8.65. The van der Waals surface area contributed by atoms with E-state index in [2.05, 4.69) is 5.32 Å². The first kappa shape index (κ1) is 19.7. The molecule has 0 heterocycles. The Balaban J connectivity index is 1.91. The fraction of sp³-hybridized carbons (Fsp3) is 0.944. The predicted octanol–water partition coefficient (Wildman–Crippen LogP) is 2.40. The van der Waals surface area contributed by atoms with Gasteiger partial charge >= 0.3 is 0 Å². The van der Waals surface area contributed by atoms with Crippen molar-refractivity contribution in [3.05, 3.63) is 0 Å². The summed E-state index contributed by atoms with van der Waals surface area (Å²) in [4.78, 5) is 12.3. The predicted molar refractivity (Wildman–Crippen MR) is 97.4 cm³/mol. The third-order valence-electron chi connectivity index (χ3n) is 6.07. The number of carbonyl (C=O) groups excluding carboxylic acids is 1. The third-order valence-corrected chi connectivity index (χ3v) is 7.05. The van der Waals surface area contributed by atoms with Crippen molar-refractivity contribution in [2.24, 2.45) is 17.1 Å². The van der Waals surface area contributed by atoms with Crippen molar-refractivity contribution in [2.75, 3.05) is 18.6 Å². The molecule has 5 nitrogen and oxygen atoms in total. The van der Waals surface area contributed by atoms with Gasteiger partial charge in [-0.25, -0.2) is 8.42 Å². The smallest absolute Gasteiger partial charge is 0.236 e. The van der Waals surface area contributed by atoms with E-state index in [0.29, 0.717) is 6.54 Å². The molecular weight excluding hydrogens is 324 g/mol. The lowest BCUT2D eigenvalue weighted by Crippen LogP contribution is -2.49. The Morgan fingerprint density at radius 2 is 1.71 bits per heavy atom. The molecule has 0 aromatic carbocycles. The van der Waals surface area contributed by atoms with Gasteiger partial charge in [-0.3, -0.25) is 4.79 Å². The van der Waals surface area contributed by atoms with Gasteiger partial charge in [0.05, 0.1) is 11.8 Å². The van der Waals surface area contributed by atoms with Crippen LogP contribution in [0.2, 0.25) is 0 Å². The van der Waals surface area contributed by atoms with Crippen LogP contribution in [0.5, 0.6) is 0 Å². The Morgan fingerprint density at radius 1 is 1.12 bits per heavy atom. The molecule has 2 saturated carbocycles. The molecule has 1 amide bonds. The van der Waals surface area contributed by atoms with Gasteiger partial charge in [-0.05, 0) is 43.4 Å². The SMILES string of the molecule is CS(=O)(=O)CCC(N)C(=O)NCC1(C2CCCCC2)CCCCC1. The first-order valence-corrected chi connectivity index (χ1v) is 11.6. The van der Waals surface area contributed by atoms with E-state index < -0.39 is 15.9 Å². The summed E-state index contributed by atoms with van der Waals surface area (Å²) in [5, 5.41) is 3.07. The van der Waals surface area contributed by atoms with E-state index in [1.807, 2.05) is 0 Å². The van der Waals surface area contributed by atoms with Crippen molar-refractivity contribution in [2.45, 2.75) is 76.7 Å². The first-order valence-electron chi connectivity index (χ1n) is 9.53. The van der Waals surface area contributed by atoms with E-state index >= 15 is 0 Å². The highest BCUT2D eigenvalue weighted by atomic mass is 32.2. The second-order valence-corrected chi connectivity index (χ2v) is 10.3. The van der Waals surface area contributed by atoms with E-state index in [-0.39, 0.29) is 23.5 Å². The summed E-state index contributed by atoms with van der Waals surface area (Å²) in [6.07, 6.45) is 14.1. The number of nitrogens with two attached hydrogens (primary N) is 1. The average Bonchev–Trinajstić information content (AvgIpc) is 2.58. The minimum Gasteiger partial charge on any atom is -0.354 e. The summed E-state index contributed by atoms with van der Waals surface area (Å²) in [6, 6.07) is -0.730. The number of hydrogen-bond donors (Lipinski definition) is 2. The van der Waals surface area contributed by atoms with Crippen LogP contribution in [-0.2, 0) is 14.6 Å². The van der Waals surface area contributed by atoms with Gasteiger partial charge in [0.2, 0.25) is 5.91 Å². The highest BCUT2D eigenvalue weighted by Gasteiger charge is 2.40. The topological polar surface area (TPSA) is 89.3 Å². The van der Waals surface area contributed by atoms with Crippen LogP contribution >= 0.6 is 0 Å². The molecule has 0 bridgehead atoms. The first-order chi connectivity index (χ1) is 11.3. The van der Waals surface area contributed by atoms with Crippen LogP contribution in [0, 0.1) is 11.3 Å². The quantitative estimate of drug-likeness (QED) is 0.731. The summed E-state index contributed by atoms with van der Waals surface area (Å²) < 4.78 is 22.5. The van der Waals surface area contributed by atoms with Crippen LogP contribution in [0.1, 0.15) is 70.6 Å². The van der Waals surface area contributed by atoms with Crippen molar-refractivity contribution < 1.29 is 13.2 Å². The zero-order valence-electron chi connectivity index (χ0n) is 15.1. The van der Waals surface area contributed by atoms with Crippen LogP contribution in [0.15, 0.2) is 0 Å². The molecule has 3 N–H and O–H groups in total. The molecule has 24 heavy (non-hydrogen) atoms. The van der Waals surface area contributed by atoms with Gasteiger partial charge in [0, 0.05) is 12.8 Å². The van der Waals surface area contributed by atoms with Crippen LogP contribution in [-0.4, -0.2) is 38.9 Å². The highest BCUT2D eigenvalue weighted by molar-refractivity contribution is 7.90. The van der Waals surface area contributed by atoms with E-state index in [9.17, 15) is 13.2 Å². The Bertz CT molecular complexity index is 506. The van der Waals surface area contributed by atoms with Crippen LogP contribution < -0.4 is 11.1 Å². The molecule has 0 radical (unpaired) electrons. The van der Waals surface area contributed by atoms with Crippen molar-refractivity contribution in [1.29, 1.82) is 0 Å². The van der Waals surface area contributed by atoms with Gasteiger partial charge in [-0.2, -0.15) is 0 Å². The van der Waals surface area contributed by atoms with E-state index in [4.69, 9.17) is 5.73 Å². The molecule has 0 aromatic heterocycles. The Morgan fingerprint density at radius 3 is 2.29 bits per heavy atom. The number of amides is 1. The molecule has 0 aromatic rings. The number of sulfone groups is 1. The van der Waals surface area contributed by atoms with E-state index in [1.54, 1.807) is 0 Å². The van der Waals surface area contributed by atoms with Gasteiger partial charge in [0.25, 0.3) is 0 Å². The number of nitrogens with one attached hydrogen (secondary N) is 1. The number of hydrogen-bond acceptors (Lipinski definition) is 4. The van der Waals surface area contributed by atoms with Crippen LogP contribution in [0.25, 0.3) is 0 Å². The Kier molecular flexibility index (Phi) is 7.10. The number of rotatable bonds is 7. The fourth-order valence-electron chi connectivity index (χ4n) is 4.57. The lowest BCUT2D eigenvalue weighted by atomic mass is 9.61. The van der Waals surface area contributed by atoms with Crippen molar-refractivity contribution in [3.63, 3.8) is 0 Å². The Hall–Kier alpha value is -0.620. The lowest BCUT2D eigenvalue weighted by Gasteiger charge is -2.45. The second-order valence-electron chi connectivity index (χ2n) is 8.00. The van der Waals surface area contributed by atoms with Gasteiger partial charge in [0.1, 0.15) is 9.84 Å². The minimum absolute atomic E-state index is 0.0324. The highest BCUT2D eigenvalue weighted by Crippen LogP contribution is 2.47. The normalized spacial score (nSPS) is 23.6. The standard InChI is InChI=1S/C18H34N2O3S/c1-24(22,23)13-10-16(19)17(21)20-14-18(11-6-3-7-12-18)15-8-4-2-5-9-15/h15-16H,2-14,19H2,1H3,(H,20,21). The van der Waals surface area contributed by atoms with Crippen molar-refractivity contribution in [3.8, 4) is 0 Å². The summed E-state index contributed by atoms with van der Waals surface area (Å²) in [6.45, 7) is 0.711. The fourth-order valence-corrected chi connectivity index (χ4v) is 5.25. The zero-order chi connectivity index (χ0) is 17.6. The largest absolute Gasteiger partial charge is 0.354 e. The third kappa shape index (κ3) is 5.73. The van der Waals surface area contributed by atoms with Crippen LogP contribution in [0.4, 0.5) is 0 Å². The molecule has 0 saturated heterocycles. The molecule has 1 atom stereocenters. The molecule has 2 aliphatic rings. The molecule has 2 fully saturated rings. The van der Waals surface area contributed by atoms with E-state index in [1.165, 1.54) is 70.5 Å². The lowest BCUT2D eigenvalue weighted by molar-refractivity contribution is -0.123. The van der Waals surface area contributed by atoms with Gasteiger partial charge in [0.15, 0.2) is 0 Å². The summed E-state index contributed by atoms with van der Waals surface area (Å²) in [5.41, 5.74) is 6.13. The van der Waals surface area contributed by atoms with Crippen molar-refractivity contribution >= 4 is 15.7 Å². The molecule has 0 aliphatic heterocycles. The zero-order valence-corrected chi connectivity index (χ0v) is 15.9. The summed E-state index contributed by atoms with van der Waals surface area (Å²) in [5.74, 6) is 0.494. The maximum atomic E-state index is 12.3. The molecule has 140 valence electrons. The molecule has 2 rings (SSSR count). The molecule has 2 aliphatic carbocycles. The molecule has 1 unspecified atom stereocenters. The summed E-state index contributed by atoms with van der Waals surface area (Å²) >= 11 is 0. The summed E-state index contributed by atoms with van der Waals surface area (Å²) in [7, 11) is -3.08. The van der Waals surface area contributed by atoms with Crippen LogP contribution in [0.3, 0.4) is 0 Å². The molecule has 0 spiro atoms. The average molecular weight is 359 g/mol. The van der Waals surface area contributed by atoms with Gasteiger partial charge in [-0.1, -0.05) is 38.5 Å². The maximum absolute atomic E-state index is 12.3. The maximum Gasteiger partial charge on any atom is 0.236 e.